The van der Waals surface area contributed by atoms with Crippen molar-refractivity contribution in [3.8, 4) is 5.88 Å². The highest BCUT2D eigenvalue weighted by Crippen LogP contribution is 2.23. The summed E-state index contributed by atoms with van der Waals surface area (Å²) in [6, 6.07) is 1.73. The van der Waals surface area contributed by atoms with E-state index in [2.05, 4.69) is 10.1 Å². The molecule has 0 N–H and O–H groups in total. The number of aromatic nitrogens is 3. The van der Waals surface area contributed by atoms with Gasteiger partial charge in [-0.05, 0) is 26.3 Å². The number of aryl methyl sites for hydroxylation is 1. The summed E-state index contributed by atoms with van der Waals surface area (Å²) >= 11 is 0. The van der Waals surface area contributed by atoms with Crippen LogP contribution in [0.4, 0.5) is 0 Å². The Balaban J connectivity index is 2.62. The van der Waals surface area contributed by atoms with E-state index in [1.54, 1.807) is 16.9 Å². The fourth-order valence-electron chi connectivity index (χ4n) is 1.72. The predicted molar refractivity (Wildman–Crippen MR) is 68.1 cm³/mol. The number of nitrogens with zero attached hydrogens (tertiary/aromatic N) is 3. The van der Waals surface area contributed by atoms with Gasteiger partial charge in [0.2, 0.25) is 5.88 Å². The van der Waals surface area contributed by atoms with Gasteiger partial charge in [-0.15, -0.1) is 0 Å². The van der Waals surface area contributed by atoms with Gasteiger partial charge in [0.15, 0.2) is 5.65 Å². The van der Waals surface area contributed by atoms with Gasteiger partial charge in [0.05, 0.1) is 12.5 Å². The van der Waals surface area contributed by atoms with E-state index in [0.29, 0.717) is 5.65 Å². The first-order valence-corrected chi connectivity index (χ1v) is 7.34. The van der Waals surface area contributed by atoms with Crippen LogP contribution in [0.15, 0.2) is 12.3 Å². The van der Waals surface area contributed by atoms with Crippen LogP contribution in [0.25, 0.3) is 11.0 Å². The van der Waals surface area contributed by atoms with E-state index in [9.17, 15) is 8.42 Å². The first kappa shape index (κ1) is 12.8. The van der Waals surface area contributed by atoms with Crippen LogP contribution in [0.5, 0.6) is 5.88 Å². The summed E-state index contributed by atoms with van der Waals surface area (Å²) < 4.78 is 28.8. The van der Waals surface area contributed by atoms with E-state index in [-0.39, 0.29) is 11.9 Å². The van der Waals surface area contributed by atoms with E-state index in [1.807, 2.05) is 20.8 Å². The maximum Gasteiger partial charge on any atom is 0.307 e. The maximum atomic E-state index is 11.1. The third-order valence-corrected chi connectivity index (χ3v) is 2.95. The van der Waals surface area contributed by atoms with Crippen molar-refractivity contribution >= 4 is 21.2 Å². The van der Waals surface area contributed by atoms with Gasteiger partial charge in [0, 0.05) is 17.5 Å². The van der Waals surface area contributed by atoms with Crippen LogP contribution in [0.3, 0.4) is 0 Å². The van der Waals surface area contributed by atoms with Crippen LogP contribution < -0.4 is 4.18 Å². The van der Waals surface area contributed by atoms with Crippen molar-refractivity contribution in [2.75, 3.05) is 6.26 Å². The number of rotatable bonds is 3. The van der Waals surface area contributed by atoms with Crippen molar-refractivity contribution < 1.29 is 12.6 Å². The molecule has 0 amide bonds. The third kappa shape index (κ3) is 2.45. The molecule has 0 aliphatic rings. The fourth-order valence-corrected chi connectivity index (χ4v) is 2.12. The molecule has 2 heterocycles. The number of pyridine rings is 1. The molecule has 98 valence electrons. The van der Waals surface area contributed by atoms with Gasteiger partial charge in [-0.25, -0.2) is 4.68 Å². The SMILES string of the molecule is Cc1cc(OS(C)(=O)=O)nc2c1cnn2C(C)C. The second-order valence-corrected chi connectivity index (χ2v) is 6.06. The van der Waals surface area contributed by atoms with Crippen molar-refractivity contribution in [2.24, 2.45) is 0 Å². The van der Waals surface area contributed by atoms with Gasteiger partial charge in [-0.3, -0.25) is 0 Å². The fraction of sp³-hybridized carbons (Fsp3) is 0.455. The molecule has 0 unspecified atom stereocenters. The van der Waals surface area contributed by atoms with Crippen LogP contribution in [0.1, 0.15) is 25.5 Å². The van der Waals surface area contributed by atoms with Gasteiger partial charge in [0.1, 0.15) is 0 Å². The van der Waals surface area contributed by atoms with E-state index >= 15 is 0 Å². The van der Waals surface area contributed by atoms with Crippen molar-refractivity contribution in [3.63, 3.8) is 0 Å². The molecule has 0 aliphatic carbocycles. The summed E-state index contributed by atoms with van der Waals surface area (Å²) in [5, 5.41) is 5.14. The van der Waals surface area contributed by atoms with E-state index < -0.39 is 10.1 Å². The minimum atomic E-state index is -3.57. The molecule has 7 heteroatoms. The molecule has 0 atom stereocenters. The lowest BCUT2D eigenvalue weighted by molar-refractivity contribution is 0.481. The van der Waals surface area contributed by atoms with Crippen molar-refractivity contribution in [1.29, 1.82) is 0 Å². The number of hydrogen-bond acceptors (Lipinski definition) is 5. The van der Waals surface area contributed by atoms with Crippen molar-refractivity contribution in [3.05, 3.63) is 17.8 Å². The normalized spacial score (nSPS) is 12.3. The summed E-state index contributed by atoms with van der Waals surface area (Å²) in [4.78, 5) is 4.20. The first-order chi connectivity index (χ1) is 8.28. The Bertz CT molecular complexity index is 689. The lowest BCUT2D eigenvalue weighted by Crippen LogP contribution is -2.09. The zero-order valence-corrected chi connectivity index (χ0v) is 11.5. The molecule has 18 heavy (non-hydrogen) atoms. The van der Waals surface area contributed by atoms with Gasteiger partial charge in [-0.2, -0.15) is 18.5 Å². The van der Waals surface area contributed by atoms with Crippen molar-refractivity contribution in [1.82, 2.24) is 14.8 Å². The lowest BCUT2D eigenvalue weighted by Gasteiger charge is -2.08. The lowest BCUT2D eigenvalue weighted by atomic mass is 10.2. The van der Waals surface area contributed by atoms with Gasteiger partial charge < -0.3 is 4.18 Å². The van der Waals surface area contributed by atoms with Gasteiger partial charge in [0.25, 0.3) is 0 Å². The monoisotopic (exact) mass is 269 g/mol. The molecule has 6 nitrogen and oxygen atoms in total. The predicted octanol–water partition coefficient (Wildman–Crippen LogP) is 1.66. The molecule has 0 radical (unpaired) electrons. The first-order valence-electron chi connectivity index (χ1n) is 5.52. The zero-order valence-electron chi connectivity index (χ0n) is 10.7. The van der Waals surface area contributed by atoms with Gasteiger partial charge >= 0.3 is 10.1 Å². The van der Waals surface area contributed by atoms with E-state index in [0.717, 1.165) is 17.2 Å². The highest BCUT2D eigenvalue weighted by molar-refractivity contribution is 7.86. The van der Waals surface area contributed by atoms with E-state index in [4.69, 9.17) is 4.18 Å². The molecule has 0 aromatic carbocycles. The van der Waals surface area contributed by atoms with Crippen LogP contribution in [-0.4, -0.2) is 29.4 Å². The Morgan fingerprint density at radius 2 is 2.06 bits per heavy atom. The highest BCUT2D eigenvalue weighted by Gasteiger charge is 2.13. The Kier molecular flexibility index (Phi) is 3.02. The summed E-state index contributed by atoms with van der Waals surface area (Å²) in [5.74, 6) is 0.0740. The second-order valence-electron chi connectivity index (χ2n) is 4.49. The second kappa shape index (κ2) is 4.24. The largest absolute Gasteiger partial charge is 0.362 e. The Morgan fingerprint density at radius 3 is 2.61 bits per heavy atom. The zero-order chi connectivity index (χ0) is 13.5. The van der Waals surface area contributed by atoms with Crippen molar-refractivity contribution in [2.45, 2.75) is 26.8 Å². The maximum absolute atomic E-state index is 11.1. The quantitative estimate of drug-likeness (QED) is 0.792. The minimum Gasteiger partial charge on any atom is -0.362 e. The molecule has 2 aromatic rings. The standard InChI is InChI=1S/C11H15N3O3S/c1-7(2)14-11-9(6-12-14)8(3)5-10(13-11)17-18(4,15)16/h5-7H,1-4H3. The van der Waals surface area contributed by atoms with Crippen LogP contribution in [0.2, 0.25) is 0 Å². The van der Waals surface area contributed by atoms with Crippen LogP contribution >= 0.6 is 0 Å². The third-order valence-electron chi connectivity index (χ3n) is 2.48. The Morgan fingerprint density at radius 1 is 1.39 bits per heavy atom. The Labute approximate surface area is 106 Å². The Hall–Kier alpha value is -1.63. The smallest absolute Gasteiger partial charge is 0.307 e. The molecule has 0 saturated carbocycles. The summed E-state index contributed by atoms with van der Waals surface area (Å²) in [6.07, 6.45) is 2.72. The topological polar surface area (TPSA) is 74.1 Å². The summed E-state index contributed by atoms with van der Waals surface area (Å²) in [5.41, 5.74) is 1.51. The minimum absolute atomic E-state index is 0.0740. The summed E-state index contributed by atoms with van der Waals surface area (Å²) in [6.45, 7) is 5.83. The van der Waals surface area contributed by atoms with Crippen LogP contribution in [-0.2, 0) is 10.1 Å². The average molecular weight is 269 g/mol. The molecule has 0 saturated heterocycles. The summed E-state index contributed by atoms with van der Waals surface area (Å²) in [7, 11) is -3.57. The van der Waals surface area contributed by atoms with Crippen LogP contribution in [0, 0.1) is 6.92 Å². The molecule has 2 rings (SSSR count). The number of hydrogen-bond donors (Lipinski definition) is 0. The molecule has 0 spiro atoms. The average Bonchev–Trinajstić information content (AvgIpc) is 2.58. The molecular formula is C11H15N3O3S. The number of fused-ring (bicyclic) bond motifs is 1. The molecule has 0 fully saturated rings. The molecule has 2 aromatic heterocycles. The molecule has 0 bridgehead atoms. The molecular weight excluding hydrogens is 254 g/mol. The van der Waals surface area contributed by atoms with Gasteiger partial charge in [-0.1, -0.05) is 0 Å². The van der Waals surface area contributed by atoms with E-state index in [1.165, 1.54) is 0 Å². The molecule has 0 aliphatic heterocycles. The highest BCUT2D eigenvalue weighted by atomic mass is 32.2.